The van der Waals surface area contributed by atoms with E-state index in [1.165, 1.54) is 0 Å². The Morgan fingerprint density at radius 2 is 1.79 bits per heavy atom. The molecule has 0 aromatic rings. The van der Waals surface area contributed by atoms with Crippen LogP contribution in [0.1, 0.15) is 27.2 Å². The van der Waals surface area contributed by atoms with Crippen molar-refractivity contribution < 1.29 is 8.42 Å². The van der Waals surface area contributed by atoms with Crippen LogP contribution in [0, 0.1) is 5.92 Å². The highest BCUT2D eigenvalue weighted by Crippen LogP contribution is 2.01. The maximum Gasteiger partial charge on any atom is 0.215 e. The van der Waals surface area contributed by atoms with Gasteiger partial charge in [0.2, 0.25) is 10.0 Å². The molecule has 2 N–H and O–H groups in total. The zero-order valence-electron chi connectivity index (χ0n) is 9.50. The first-order chi connectivity index (χ1) is 6.44. The molecule has 5 heteroatoms. The van der Waals surface area contributed by atoms with E-state index in [0.717, 1.165) is 6.42 Å². The van der Waals surface area contributed by atoms with Crippen molar-refractivity contribution in [1.29, 1.82) is 0 Å². The van der Waals surface area contributed by atoms with E-state index in [4.69, 9.17) is 0 Å². The maximum absolute atomic E-state index is 11.6. The van der Waals surface area contributed by atoms with E-state index < -0.39 is 10.0 Å². The highest BCUT2D eigenvalue weighted by atomic mass is 32.2. The molecule has 86 valence electrons. The van der Waals surface area contributed by atoms with Crippen LogP contribution in [-0.2, 0) is 10.0 Å². The number of nitrogens with one attached hydrogen (secondary N) is 2. The van der Waals surface area contributed by atoms with Gasteiger partial charge in [-0.3, -0.25) is 0 Å². The van der Waals surface area contributed by atoms with Crippen LogP contribution in [-0.4, -0.2) is 33.8 Å². The molecule has 0 aliphatic carbocycles. The van der Waals surface area contributed by atoms with E-state index in [2.05, 4.69) is 17.0 Å². The Labute approximate surface area is 87.5 Å². The molecule has 2 unspecified atom stereocenters. The summed E-state index contributed by atoms with van der Waals surface area (Å²) >= 11 is 0. The second kappa shape index (κ2) is 6.37. The molecule has 2 atom stereocenters. The van der Waals surface area contributed by atoms with Crippen molar-refractivity contribution in [2.24, 2.45) is 5.92 Å². The van der Waals surface area contributed by atoms with E-state index in [0.29, 0.717) is 19.0 Å². The average molecular weight is 222 g/mol. The Morgan fingerprint density at radius 1 is 1.21 bits per heavy atom. The van der Waals surface area contributed by atoms with Gasteiger partial charge in [-0.15, -0.1) is 0 Å². The number of sulfonamides is 1. The van der Waals surface area contributed by atoms with Gasteiger partial charge in [-0.05, 0) is 19.9 Å². The first kappa shape index (κ1) is 13.9. The molecular formula is C9H22N2O2S. The molecule has 0 saturated carbocycles. The topological polar surface area (TPSA) is 58.2 Å². The van der Waals surface area contributed by atoms with Crippen LogP contribution in [0.25, 0.3) is 0 Å². The van der Waals surface area contributed by atoms with Gasteiger partial charge >= 0.3 is 0 Å². The molecule has 0 amide bonds. The van der Waals surface area contributed by atoms with Crippen LogP contribution >= 0.6 is 0 Å². The van der Waals surface area contributed by atoms with E-state index in [1.807, 2.05) is 6.92 Å². The number of hydrogen-bond acceptors (Lipinski definition) is 3. The molecule has 0 bridgehead atoms. The van der Waals surface area contributed by atoms with Crippen molar-refractivity contribution in [3.05, 3.63) is 0 Å². The fraction of sp³-hybridized carbons (Fsp3) is 1.00. The van der Waals surface area contributed by atoms with Gasteiger partial charge in [0, 0.05) is 13.1 Å². The highest BCUT2D eigenvalue weighted by Gasteiger charge is 2.19. The van der Waals surface area contributed by atoms with Gasteiger partial charge in [-0.2, -0.15) is 0 Å². The molecule has 14 heavy (non-hydrogen) atoms. The Balaban J connectivity index is 4.07. The van der Waals surface area contributed by atoms with Gasteiger partial charge in [-0.25, -0.2) is 13.1 Å². The fourth-order valence-corrected chi connectivity index (χ4v) is 2.13. The van der Waals surface area contributed by atoms with Crippen molar-refractivity contribution in [1.82, 2.24) is 10.0 Å². The molecule has 0 aromatic carbocycles. The maximum atomic E-state index is 11.6. The summed E-state index contributed by atoms with van der Waals surface area (Å²) in [6, 6.07) is 0. The molecule has 0 radical (unpaired) electrons. The molecule has 0 aliphatic heterocycles. The minimum absolute atomic E-state index is 0.378. The van der Waals surface area contributed by atoms with Crippen LogP contribution in [0.2, 0.25) is 0 Å². The summed E-state index contributed by atoms with van der Waals surface area (Å²) < 4.78 is 25.8. The molecule has 4 nitrogen and oxygen atoms in total. The van der Waals surface area contributed by atoms with E-state index >= 15 is 0 Å². The zero-order chi connectivity index (χ0) is 11.2. The highest BCUT2D eigenvalue weighted by molar-refractivity contribution is 7.90. The molecule has 0 spiro atoms. The summed E-state index contributed by atoms with van der Waals surface area (Å²) in [5.41, 5.74) is 0. The third-order valence-electron chi connectivity index (χ3n) is 2.35. The van der Waals surface area contributed by atoms with Gasteiger partial charge in [-0.1, -0.05) is 20.3 Å². The van der Waals surface area contributed by atoms with Crippen LogP contribution in [0.5, 0.6) is 0 Å². The first-order valence-electron chi connectivity index (χ1n) is 5.07. The summed E-state index contributed by atoms with van der Waals surface area (Å²) in [5.74, 6) is 0.395. The summed E-state index contributed by atoms with van der Waals surface area (Å²) in [4.78, 5) is 0. The van der Waals surface area contributed by atoms with Crippen molar-refractivity contribution >= 4 is 10.0 Å². The molecule has 0 aliphatic rings. The lowest BCUT2D eigenvalue weighted by Crippen LogP contribution is -2.39. The SMILES string of the molecule is CCC(C)CNS(=O)(=O)C(C)CNC. The quantitative estimate of drug-likeness (QED) is 0.662. The minimum atomic E-state index is -3.14. The predicted molar refractivity (Wildman–Crippen MR) is 59.8 cm³/mol. The Hall–Kier alpha value is -0.130. The first-order valence-corrected chi connectivity index (χ1v) is 6.61. The average Bonchev–Trinajstić information content (AvgIpc) is 2.14. The smallest absolute Gasteiger partial charge is 0.215 e. The molecule has 0 heterocycles. The van der Waals surface area contributed by atoms with Gasteiger partial charge in [0.15, 0.2) is 0 Å². The Bertz CT molecular complexity index is 239. The van der Waals surface area contributed by atoms with E-state index in [9.17, 15) is 8.42 Å². The molecule has 0 rings (SSSR count). The van der Waals surface area contributed by atoms with Crippen LogP contribution < -0.4 is 10.0 Å². The van der Waals surface area contributed by atoms with Crippen molar-refractivity contribution in [2.45, 2.75) is 32.4 Å². The van der Waals surface area contributed by atoms with Gasteiger partial charge < -0.3 is 5.32 Å². The van der Waals surface area contributed by atoms with Gasteiger partial charge in [0.05, 0.1) is 5.25 Å². The molecule has 0 fully saturated rings. The summed E-state index contributed by atoms with van der Waals surface area (Å²) in [5, 5.41) is 2.48. The lowest BCUT2D eigenvalue weighted by Gasteiger charge is -2.15. The normalized spacial score (nSPS) is 16.6. The predicted octanol–water partition coefficient (Wildman–Crippen LogP) is 0.560. The lowest BCUT2D eigenvalue weighted by molar-refractivity contribution is 0.520. The van der Waals surface area contributed by atoms with Gasteiger partial charge in [0.25, 0.3) is 0 Å². The monoisotopic (exact) mass is 222 g/mol. The Kier molecular flexibility index (Phi) is 6.31. The molecule has 0 saturated heterocycles. The second-order valence-electron chi connectivity index (χ2n) is 3.78. The van der Waals surface area contributed by atoms with Gasteiger partial charge in [0.1, 0.15) is 0 Å². The molecule has 0 aromatic heterocycles. The second-order valence-corrected chi connectivity index (χ2v) is 5.96. The zero-order valence-corrected chi connectivity index (χ0v) is 10.3. The van der Waals surface area contributed by atoms with Crippen molar-refractivity contribution in [3.63, 3.8) is 0 Å². The van der Waals surface area contributed by atoms with Crippen LogP contribution in [0.3, 0.4) is 0 Å². The van der Waals surface area contributed by atoms with Crippen molar-refractivity contribution in [3.8, 4) is 0 Å². The minimum Gasteiger partial charge on any atom is -0.318 e. The van der Waals surface area contributed by atoms with Crippen LogP contribution in [0.15, 0.2) is 0 Å². The summed E-state index contributed by atoms with van der Waals surface area (Å²) in [6.07, 6.45) is 0.989. The molecular weight excluding hydrogens is 200 g/mol. The Morgan fingerprint density at radius 3 is 2.21 bits per heavy atom. The number of hydrogen-bond donors (Lipinski definition) is 2. The lowest BCUT2D eigenvalue weighted by atomic mass is 10.1. The standard InChI is InChI=1S/C9H22N2O2S/c1-5-8(2)6-11-14(12,13)9(3)7-10-4/h8-11H,5-7H2,1-4H3. The van der Waals surface area contributed by atoms with Crippen molar-refractivity contribution in [2.75, 3.05) is 20.1 Å². The summed E-state index contributed by atoms with van der Waals surface area (Å²) in [7, 11) is -1.39. The third kappa shape index (κ3) is 4.93. The largest absolute Gasteiger partial charge is 0.318 e. The summed E-state index contributed by atoms with van der Waals surface area (Å²) in [6.45, 7) is 6.80. The van der Waals surface area contributed by atoms with E-state index in [-0.39, 0.29) is 5.25 Å². The van der Waals surface area contributed by atoms with E-state index in [1.54, 1.807) is 14.0 Å². The fourth-order valence-electron chi connectivity index (χ4n) is 0.942. The third-order valence-corrected chi connectivity index (χ3v) is 4.15. The van der Waals surface area contributed by atoms with Crippen LogP contribution in [0.4, 0.5) is 0 Å². The number of rotatable bonds is 7.